The molecule has 5 heteroatoms. The van der Waals surface area contributed by atoms with Gasteiger partial charge in [0, 0.05) is 24.2 Å². The van der Waals surface area contributed by atoms with Gasteiger partial charge in [0.25, 0.3) is 0 Å². The fourth-order valence-corrected chi connectivity index (χ4v) is 3.58. The molecule has 0 radical (unpaired) electrons. The van der Waals surface area contributed by atoms with Gasteiger partial charge in [0.15, 0.2) is 6.10 Å². The zero-order valence-corrected chi connectivity index (χ0v) is 16.1. The molecule has 1 aliphatic rings. The number of carbonyl (C=O) groups is 1. The van der Waals surface area contributed by atoms with E-state index in [2.05, 4.69) is 12.1 Å². The van der Waals surface area contributed by atoms with Crippen molar-refractivity contribution in [3.8, 4) is 16.9 Å². The normalized spacial score (nSPS) is 14.4. The Labute approximate surface area is 169 Å². The van der Waals surface area contributed by atoms with Crippen LogP contribution in [0.2, 0.25) is 0 Å². The van der Waals surface area contributed by atoms with Gasteiger partial charge in [0.2, 0.25) is 0 Å². The Morgan fingerprint density at radius 1 is 1.07 bits per heavy atom. The smallest absolute Gasteiger partial charge is 0.333 e. The average molecular weight is 390 g/mol. The Bertz CT molecular complexity index is 1030. The molecule has 5 nitrogen and oxygen atoms in total. The molecule has 1 N–H and O–H groups in total. The number of hydrogen-bond donors (Lipinski definition) is 1. The van der Waals surface area contributed by atoms with Gasteiger partial charge in [-0.15, -0.1) is 0 Å². The molecule has 0 fully saturated rings. The number of hydrogen-bond acceptors (Lipinski definition) is 4. The van der Waals surface area contributed by atoms with Crippen molar-refractivity contribution in [1.29, 1.82) is 0 Å². The number of furan rings is 1. The predicted molar refractivity (Wildman–Crippen MR) is 110 cm³/mol. The van der Waals surface area contributed by atoms with Gasteiger partial charge in [-0.05, 0) is 47.9 Å². The standard InChI is InChI=1S/C24H22O5/c1-2-27-22(24(25)26)15-16-7-9-17(10-8-16)28-13-11-20-18-5-3-4-6-19(18)21-12-14-29-23(20)21/h3-12,14,22H,2,13,15H2,1H3,(H,25,26). The van der Waals surface area contributed by atoms with E-state index in [0.29, 0.717) is 19.6 Å². The minimum Gasteiger partial charge on any atom is -0.490 e. The highest BCUT2D eigenvalue weighted by atomic mass is 16.5. The highest BCUT2D eigenvalue weighted by Crippen LogP contribution is 2.44. The van der Waals surface area contributed by atoms with Gasteiger partial charge in [-0.2, -0.15) is 0 Å². The molecule has 3 aromatic rings. The van der Waals surface area contributed by atoms with Crippen LogP contribution in [0, 0.1) is 0 Å². The average Bonchev–Trinajstić information content (AvgIpc) is 3.31. The minimum absolute atomic E-state index is 0.325. The van der Waals surface area contributed by atoms with Gasteiger partial charge in [-0.3, -0.25) is 0 Å². The zero-order valence-electron chi connectivity index (χ0n) is 16.1. The maximum atomic E-state index is 11.2. The van der Waals surface area contributed by atoms with E-state index in [1.54, 1.807) is 13.2 Å². The van der Waals surface area contributed by atoms with Crippen LogP contribution in [0.3, 0.4) is 0 Å². The lowest BCUT2D eigenvalue weighted by molar-refractivity contribution is -0.149. The van der Waals surface area contributed by atoms with Crippen LogP contribution in [-0.4, -0.2) is 30.4 Å². The van der Waals surface area contributed by atoms with E-state index in [-0.39, 0.29) is 0 Å². The molecular weight excluding hydrogens is 368 g/mol. The summed E-state index contributed by atoms with van der Waals surface area (Å²) in [6, 6.07) is 17.6. The van der Waals surface area contributed by atoms with Gasteiger partial charge < -0.3 is 19.0 Å². The molecule has 0 spiro atoms. The number of carboxylic acid groups (broad SMARTS) is 1. The summed E-state index contributed by atoms with van der Waals surface area (Å²) in [5, 5.41) is 9.20. The second kappa shape index (κ2) is 8.37. The molecule has 0 aliphatic heterocycles. The summed E-state index contributed by atoms with van der Waals surface area (Å²) in [6.07, 6.45) is 3.23. The Kier molecular flexibility index (Phi) is 5.49. The first-order valence-corrected chi connectivity index (χ1v) is 9.61. The number of carboxylic acids is 1. The van der Waals surface area contributed by atoms with Crippen LogP contribution in [0.4, 0.5) is 0 Å². The predicted octanol–water partition coefficient (Wildman–Crippen LogP) is 4.80. The third-order valence-electron chi connectivity index (χ3n) is 4.94. The summed E-state index contributed by atoms with van der Waals surface area (Å²) in [7, 11) is 0. The monoisotopic (exact) mass is 390 g/mol. The first kappa shape index (κ1) is 19.0. The van der Waals surface area contributed by atoms with E-state index < -0.39 is 12.1 Å². The number of fused-ring (bicyclic) bond motifs is 3. The number of aliphatic carboxylic acids is 1. The molecule has 0 bridgehead atoms. The lowest BCUT2D eigenvalue weighted by Gasteiger charge is -2.12. The van der Waals surface area contributed by atoms with Crippen molar-refractivity contribution in [2.45, 2.75) is 19.4 Å². The summed E-state index contributed by atoms with van der Waals surface area (Å²) < 4.78 is 16.8. The molecule has 4 rings (SSSR count). The lowest BCUT2D eigenvalue weighted by atomic mass is 10.1. The topological polar surface area (TPSA) is 68.9 Å². The van der Waals surface area contributed by atoms with Gasteiger partial charge in [-0.25, -0.2) is 4.79 Å². The molecule has 2 aromatic carbocycles. The van der Waals surface area contributed by atoms with Gasteiger partial charge in [0.1, 0.15) is 18.1 Å². The van der Waals surface area contributed by atoms with Crippen LogP contribution in [0.15, 0.2) is 71.4 Å². The molecule has 1 aliphatic carbocycles. The van der Waals surface area contributed by atoms with Gasteiger partial charge >= 0.3 is 5.97 Å². The maximum absolute atomic E-state index is 11.2. The van der Waals surface area contributed by atoms with Gasteiger partial charge in [-0.1, -0.05) is 36.4 Å². The van der Waals surface area contributed by atoms with Crippen molar-refractivity contribution in [1.82, 2.24) is 0 Å². The Hall–Kier alpha value is -3.31. The summed E-state index contributed by atoms with van der Waals surface area (Å²) in [6.45, 7) is 2.56. The quantitative estimate of drug-likeness (QED) is 0.468. The summed E-state index contributed by atoms with van der Waals surface area (Å²) in [5.41, 5.74) is 5.36. The Balaban J connectivity index is 1.42. The first-order valence-electron chi connectivity index (χ1n) is 9.61. The Morgan fingerprint density at radius 3 is 2.55 bits per heavy atom. The van der Waals surface area contributed by atoms with Crippen LogP contribution < -0.4 is 4.74 Å². The second-order valence-corrected chi connectivity index (χ2v) is 6.77. The maximum Gasteiger partial charge on any atom is 0.333 e. The molecule has 1 heterocycles. The van der Waals surface area contributed by atoms with Crippen molar-refractivity contribution in [3.05, 3.63) is 83.8 Å². The summed E-state index contributed by atoms with van der Waals surface area (Å²) >= 11 is 0. The van der Waals surface area contributed by atoms with Gasteiger partial charge in [0.05, 0.1) is 6.26 Å². The molecule has 0 saturated heterocycles. The molecule has 1 aromatic heterocycles. The van der Waals surface area contributed by atoms with Crippen molar-refractivity contribution in [2.75, 3.05) is 13.2 Å². The second-order valence-electron chi connectivity index (χ2n) is 6.77. The van der Waals surface area contributed by atoms with E-state index in [0.717, 1.165) is 33.8 Å². The molecule has 148 valence electrons. The SMILES string of the molecule is CCOC(Cc1ccc(OCC=C2c3ccccc3-c3ccoc32)cc1)C(=O)O. The van der Waals surface area contributed by atoms with Crippen molar-refractivity contribution >= 4 is 11.5 Å². The molecule has 1 unspecified atom stereocenters. The fraction of sp³-hybridized carbons (Fsp3) is 0.208. The van der Waals surface area contributed by atoms with Crippen molar-refractivity contribution in [3.63, 3.8) is 0 Å². The third kappa shape index (κ3) is 3.96. The van der Waals surface area contributed by atoms with E-state index in [4.69, 9.17) is 13.9 Å². The Morgan fingerprint density at radius 2 is 1.83 bits per heavy atom. The van der Waals surface area contributed by atoms with E-state index in [9.17, 15) is 9.90 Å². The minimum atomic E-state index is -0.951. The van der Waals surface area contributed by atoms with Crippen LogP contribution in [0.5, 0.6) is 5.75 Å². The largest absolute Gasteiger partial charge is 0.490 e. The van der Waals surface area contributed by atoms with Crippen LogP contribution in [-0.2, 0) is 16.0 Å². The highest BCUT2D eigenvalue weighted by molar-refractivity contribution is 5.99. The van der Waals surface area contributed by atoms with Crippen LogP contribution in [0.1, 0.15) is 23.8 Å². The zero-order chi connectivity index (χ0) is 20.2. The van der Waals surface area contributed by atoms with Crippen LogP contribution in [0.25, 0.3) is 16.7 Å². The molecule has 0 saturated carbocycles. The van der Waals surface area contributed by atoms with E-state index in [1.807, 2.05) is 48.5 Å². The summed E-state index contributed by atoms with van der Waals surface area (Å²) in [5.74, 6) is 0.647. The molecule has 0 amide bonds. The number of rotatable bonds is 8. The summed E-state index contributed by atoms with van der Waals surface area (Å²) in [4.78, 5) is 11.2. The van der Waals surface area contributed by atoms with Crippen LogP contribution >= 0.6 is 0 Å². The highest BCUT2D eigenvalue weighted by Gasteiger charge is 2.25. The lowest BCUT2D eigenvalue weighted by Crippen LogP contribution is -2.26. The number of benzene rings is 2. The first-order chi connectivity index (χ1) is 14.2. The van der Waals surface area contributed by atoms with Crippen molar-refractivity contribution in [2.24, 2.45) is 0 Å². The fourth-order valence-electron chi connectivity index (χ4n) is 3.58. The molecule has 1 atom stereocenters. The van der Waals surface area contributed by atoms with Crippen molar-refractivity contribution < 1.29 is 23.8 Å². The molecule has 29 heavy (non-hydrogen) atoms. The van der Waals surface area contributed by atoms with E-state index in [1.165, 1.54) is 5.56 Å². The van der Waals surface area contributed by atoms with E-state index >= 15 is 0 Å². The number of ether oxygens (including phenoxy) is 2. The third-order valence-corrected chi connectivity index (χ3v) is 4.94. The molecular formula is C24H22O5.